The van der Waals surface area contributed by atoms with E-state index in [4.69, 9.17) is 4.74 Å². The first kappa shape index (κ1) is 13.0. The Morgan fingerprint density at radius 2 is 2.06 bits per heavy atom. The first-order chi connectivity index (χ1) is 7.27. The minimum atomic E-state index is -0.797. The molecule has 1 rings (SSSR count). The van der Waals surface area contributed by atoms with Crippen LogP contribution in [0.4, 0.5) is 0 Å². The lowest BCUT2D eigenvalue weighted by Gasteiger charge is -2.38. The van der Waals surface area contributed by atoms with Crippen LogP contribution in [0.25, 0.3) is 0 Å². The molecule has 1 saturated heterocycles. The number of ether oxygens (including phenoxy) is 1. The number of methoxy groups -OCH3 is 1. The minimum Gasteiger partial charge on any atom is -0.467 e. The molecule has 1 aliphatic heterocycles. The molecule has 0 aromatic heterocycles. The predicted molar refractivity (Wildman–Crippen MR) is 60.8 cm³/mol. The number of hydrogen-bond donors (Lipinski definition) is 0. The highest BCUT2D eigenvalue weighted by atomic mass is 16.5. The number of nitrogens with zero attached hydrogens (tertiary/aromatic N) is 1. The summed E-state index contributed by atoms with van der Waals surface area (Å²) in [7, 11) is 1.36. The molecule has 16 heavy (non-hydrogen) atoms. The smallest absolute Gasteiger partial charge is 0.331 e. The third-order valence-corrected chi connectivity index (χ3v) is 3.55. The van der Waals surface area contributed by atoms with Gasteiger partial charge in [0.15, 0.2) is 0 Å². The van der Waals surface area contributed by atoms with Gasteiger partial charge in [0.2, 0.25) is 6.41 Å². The molecule has 0 spiro atoms. The summed E-state index contributed by atoms with van der Waals surface area (Å²) in [6.07, 6.45) is 2.29. The van der Waals surface area contributed by atoms with E-state index in [0.717, 1.165) is 12.8 Å². The van der Waals surface area contributed by atoms with Crippen LogP contribution in [0.1, 0.15) is 40.5 Å². The van der Waals surface area contributed by atoms with Crippen molar-refractivity contribution in [3.05, 3.63) is 0 Å². The Morgan fingerprint density at radius 1 is 1.50 bits per heavy atom. The molecule has 0 aliphatic carbocycles. The van der Waals surface area contributed by atoms with E-state index in [1.807, 2.05) is 0 Å². The van der Waals surface area contributed by atoms with Crippen LogP contribution in [0.15, 0.2) is 0 Å². The Bertz CT molecular complexity index is 295. The standard InChI is InChI=1S/C12H21NO3/c1-11(2,3)9-6-7-12(4,10(15)16-5)13(9)8-14/h8-9H,6-7H2,1-5H3. The summed E-state index contributed by atoms with van der Waals surface area (Å²) in [5.41, 5.74) is -0.818. The summed E-state index contributed by atoms with van der Waals surface area (Å²) in [6.45, 7) is 8.02. The summed E-state index contributed by atoms with van der Waals surface area (Å²) < 4.78 is 4.79. The topological polar surface area (TPSA) is 46.6 Å². The third-order valence-electron chi connectivity index (χ3n) is 3.55. The van der Waals surface area contributed by atoms with Gasteiger partial charge in [0.1, 0.15) is 5.54 Å². The van der Waals surface area contributed by atoms with Gasteiger partial charge < -0.3 is 9.64 Å². The largest absolute Gasteiger partial charge is 0.467 e. The van der Waals surface area contributed by atoms with Gasteiger partial charge in [-0.1, -0.05) is 20.8 Å². The van der Waals surface area contributed by atoms with E-state index in [0.29, 0.717) is 6.42 Å². The van der Waals surface area contributed by atoms with Crippen molar-refractivity contribution < 1.29 is 14.3 Å². The van der Waals surface area contributed by atoms with Crippen LogP contribution in [0.3, 0.4) is 0 Å². The summed E-state index contributed by atoms with van der Waals surface area (Å²) in [4.78, 5) is 24.6. The predicted octanol–water partition coefficient (Wildman–Crippen LogP) is 1.58. The number of likely N-dealkylation sites (tertiary alicyclic amines) is 1. The maximum absolute atomic E-state index is 11.8. The fourth-order valence-electron chi connectivity index (χ4n) is 2.50. The van der Waals surface area contributed by atoms with Gasteiger partial charge in [0, 0.05) is 6.04 Å². The molecule has 1 heterocycles. The lowest BCUT2D eigenvalue weighted by Crippen LogP contribution is -2.53. The SMILES string of the molecule is COC(=O)C1(C)CCC(C(C)(C)C)N1C=O. The Hall–Kier alpha value is -1.06. The van der Waals surface area contributed by atoms with Gasteiger partial charge in [-0.15, -0.1) is 0 Å². The summed E-state index contributed by atoms with van der Waals surface area (Å²) >= 11 is 0. The summed E-state index contributed by atoms with van der Waals surface area (Å²) in [6, 6.07) is 0.0918. The number of rotatable bonds is 2. The fourth-order valence-corrected chi connectivity index (χ4v) is 2.50. The van der Waals surface area contributed by atoms with E-state index >= 15 is 0 Å². The Kier molecular flexibility index (Phi) is 3.31. The van der Waals surface area contributed by atoms with Gasteiger partial charge in [-0.25, -0.2) is 4.79 Å². The zero-order valence-electron chi connectivity index (χ0n) is 10.7. The van der Waals surface area contributed by atoms with Crippen molar-refractivity contribution >= 4 is 12.4 Å². The van der Waals surface area contributed by atoms with Gasteiger partial charge in [-0.2, -0.15) is 0 Å². The maximum atomic E-state index is 11.8. The van der Waals surface area contributed by atoms with Crippen molar-refractivity contribution in [1.29, 1.82) is 0 Å². The van der Waals surface area contributed by atoms with Crippen LogP contribution in [0.2, 0.25) is 0 Å². The highest BCUT2D eigenvalue weighted by Crippen LogP contribution is 2.41. The highest BCUT2D eigenvalue weighted by molar-refractivity contribution is 5.83. The molecule has 0 aromatic rings. The Morgan fingerprint density at radius 3 is 2.44 bits per heavy atom. The third kappa shape index (κ3) is 1.93. The van der Waals surface area contributed by atoms with E-state index in [1.165, 1.54) is 7.11 Å². The molecule has 1 fully saturated rings. The number of carbonyl (C=O) groups is 2. The monoisotopic (exact) mass is 227 g/mol. The quantitative estimate of drug-likeness (QED) is 0.531. The lowest BCUT2D eigenvalue weighted by molar-refractivity contribution is -0.157. The van der Waals surface area contributed by atoms with E-state index in [-0.39, 0.29) is 17.4 Å². The zero-order valence-corrected chi connectivity index (χ0v) is 10.7. The van der Waals surface area contributed by atoms with E-state index < -0.39 is 5.54 Å². The van der Waals surface area contributed by atoms with Crippen molar-refractivity contribution in [1.82, 2.24) is 4.90 Å². The fraction of sp³-hybridized carbons (Fsp3) is 0.833. The van der Waals surface area contributed by atoms with Gasteiger partial charge >= 0.3 is 5.97 Å². The first-order valence-corrected chi connectivity index (χ1v) is 5.59. The molecular formula is C12H21NO3. The van der Waals surface area contributed by atoms with Crippen LogP contribution in [0, 0.1) is 5.41 Å². The van der Waals surface area contributed by atoms with Crippen LogP contribution < -0.4 is 0 Å². The van der Waals surface area contributed by atoms with Gasteiger partial charge in [0.25, 0.3) is 0 Å². The van der Waals surface area contributed by atoms with Crippen molar-refractivity contribution in [2.24, 2.45) is 5.41 Å². The second kappa shape index (κ2) is 4.07. The van der Waals surface area contributed by atoms with Crippen LogP contribution in [-0.4, -0.2) is 36.0 Å². The number of amides is 1. The molecule has 0 N–H and O–H groups in total. The van der Waals surface area contributed by atoms with Gasteiger partial charge in [-0.3, -0.25) is 4.79 Å². The molecule has 2 unspecified atom stereocenters. The molecule has 1 aliphatic rings. The average Bonchev–Trinajstić information content (AvgIpc) is 2.54. The average molecular weight is 227 g/mol. The molecule has 0 bridgehead atoms. The number of hydrogen-bond acceptors (Lipinski definition) is 3. The van der Waals surface area contributed by atoms with Crippen molar-refractivity contribution in [2.75, 3.05) is 7.11 Å². The van der Waals surface area contributed by atoms with Crippen LogP contribution in [0.5, 0.6) is 0 Å². The molecule has 4 heteroatoms. The maximum Gasteiger partial charge on any atom is 0.331 e. The zero-order chi connectivity index (χ0) is 12.6. The molecule has 0 radical (unpaired) electrons. The van der Waals surface area contributed by atoms with Gasteiger partial charge in [-0.05, 0) is 25.2 Å². The lowest BCUT2D eigenvalue weighted by atomic mass is 9.85. The van der Waals surface area contributed by atoms with Crippen molar-refractivity contribution in [2.45, 2.75) is 52.1 Å². The summed E-state index contributed by atoms with van der Waals surface area (Å²) in [5, 5.41) is 0. The molecule has 2 atom stereocenters. The van der Waals surface area contributed by atoms with Gasteiger partial charge in [0.05, 0.1) is 7.11 Å². The second-order valence-electron chi connectivity index (χ2n) is 5.70. The molecule has 0 saturated carbocycles. The number of esters is 1. The second-order valence-corrected chi connectivity index (χ2v) is 5.70. The normalized spacial score (nSPS) is 30.3. The molecule has 1 amide bonds. The molecule has 92 valence electrons. The summed E-state index contributed by atoms with van der Waals surface area (Å²) in [5.74, 6) is -0.327. The van der Waals surface area contributed by atoms with Crippen molar-refractivity contribution in [3.63, 3.8) is 0 Å². The van der Waals surface area contributed by atoms with E-state index in [1.54, 1.807) is 11.8 Å². The molecular weight excluding hydrogens is 206 g/mol. The van der Waals surface area contributed by atoms with Crippen LogP contribution in [-0.2, 0) is 14.3 Å². The van der Waals surface area contributed by atoms with E-state index in [9.17, 15) is 9.59 Å². The van der Waals surface area contributed by atoms with Crippen LogP contribution >= 0.6 is 0 Å². The Labute approximate surface area is 96.9 Å². The van der Waals surface area contributed by atoms with Crippen molar-refractivity contribution in [3.8, 4) is 0 Å². The highest BCUT2D eigenvalue weighted by Gasteiger charge is 2.51. The molecule has 4 nitrogen and oxygen atoms in total. The number of carbonyl (C=O) groups excluding carboxylic acids is 2. The minimum absolute atomic E-state index is 0.0211. The Balaban J connectivity index is 3.02. The molecule has 0 aromatic carbocycles. The first-order valence-electron chi connectivity index (χ1n) is 5.59. The van der Waals surface area contributed by atoms with E-state index in [2.05, 4.69) is 20.8 Å².